The lowest BCUT2D eigenvalue weighted by Crippen LogP contribution is -2.46. The molecule has 1 amide bonds. The van der Waals surface area contributed by atoms with E-state index in [1.54, 1.807) is 0 Å². The number of ether oxygens (including phenoxy) is 1. The Labute approximate surface area is 174 Å². The minimum atomic E-state index is 0. The first-order valence-electron chi connectivity index (χ1n) is 9.68. The molecule has 0 aliphatic carbocycles. The Kier molecular flexibility index (Phi) is 8.83. The third kappa shape index (κ3) is 6.06. The van der Waals surface area contributed by atoms with Crippen molar-refractivity contribution in [2.24, 2.45) is 0 Å². The number of hydrogen-bond donors (Lipinski definition) is 1. The average molecular weight is 416 g/mol. The molecular formula is C20H31Cl2N3O2. The Morgan fingerprint density at radius 3 is 2.63 bits per heavy atom. The highest BCUT2D eigenvalue weighted by Crippen LogP contribution is 2.21. The van der Waals surface area contributed by atoms with Gasteiger partial charge in [0.15, 0.2) is 0 Å². The number of hydrogen-bond acceptors (Lipinski definition) is 4. The number of benzene rings is 1. The summed E-state index contributed by atoms with van der Waals surface area (Å²) in [5.41, 5.74) is 1.32. The number of nitrogens with one attached hydrogen (secondary N) is 1. The van der Waals surface area contributed by atoms with E-state index in [4.69, 9.17) is 4.74 Å². The molecule has 3 atom stereocenters. The van der Waals surface area contributed by atoms with Crippen LogP contribution < -0.4 is 5.32 Å². The fraction of sp³-hybridized carbons (Fsp3) is 0.650. The smallest absolute Gasteiger partial charge is 0.225 e. The summed E-state index contributed by atoms with van der Waals surface area (Å²) in [5.74, 6) is 0.265. The summed E-state index contributed by atoms with van der Waals surface area (Å²) in [6.45, 7) is 5.21. The molecule has 7 heteroatoms. The fourth-order valence-electron chi connectivity index (χ4n) is 4.38. The lowest BCUT2D eigenvalue weighted by molar-refractivity contribution is -0.136. The van der Waals surface area contributed by atoms with Crippen molar-refractivity contribution in [1.82, 2.24) is 15.1 Å². The molecule has 2 bridgehead atoms. The maximum absolute atomic E-state index is 12.8. The van der Waals surface area contributed by atoms with Gasteiger partial charge in [-0.2, -0.15) is 0 Å². The van der Waals surface area contributed by atoms with E-state index in [1.807, 2.05) is 6.07 Å². The van der Waals surface area contributed by atoms with E-state index in [0.717, 1.165) is 45.8 Å². The predicted octanol–water partition coefficient (Wildman–Crippen LogP) is 2.47. The Morgan fingerprint density at radius 1 is 1.04 bits per heavy atom. The molecule has 0 radical (unpaired) electrons. The Morgan fingerprint density at radius 2 is 1.81 bits per heavy atom. The summed E-state index contributed by atoms with van der Waals surface area (Å²) >= 11 is 0. The van der Waals surface area contributed by atoms with Gasteiger partial charge in [0.25, 0.3) is 0 Å². The summed E-state index contributed by atoms with van der Waals surface area (Å²) in [6, 6.07) is 11.7. The van der Waals surface area contributed by atoms with Crippen LogP contribution in [0, 0.1) is 0 Å². The van der Waals surface area contributed by atoms with Gasteiger partial charge >= 0.3 is 0 Å². The minimum absolute atomic E-state index is 0. The molecule has 0 aromatic heterocycles. The van der Waals surface area contributed by atoms with Crippen LogP contribution >= 0.6 is 24.8 Å². The van der Waals surface area contributed by atoms with E-state index < -0.39 is 0 Å². The Hall–Kier alpha value is -0.850. The molecule has 1 aromatic carbocycles. The van der Waals surface area contributed by atoms with Crippen LogP contribution in [0.4, 0.5) is 0 Å². The summed E-state index contributed by atoms with van der Waals surface area (Å²) < 4.78 is 5.90. The molecule has 3 saturated heterocycles. The van der Waals surface area contributed by atoms with Crippen molar-refractivity contribution in [3.8, 4) is 0 Å². The number of carbonyl (C=O) groups excluding carboxylic acids is 1. The van der Waals surface area contributed by atoms with Crippen LogP contribution in [-0.2, 0) is 16.1 Å². The van der Waals surface area contributed by atoms with Gasteiger partial charge in [0.2, 0.25) is 5.91 Å². The van der Waals surface area contributed by atoms with E-state index >= 15 is 0 Å². The molecule has 3 aliphatic rings. The SMILES string of the molecule is Cl.Cl.O=C(CC1CN(Cc2ccccc2)CCO1)N1CCC2CCC(C1)N2. The van der Waals surface area contributed by atoms with Crippen molar-refractivity contribution in [3.05, 3.63) is 35.9 Å². The standard InChI is InChI=1S/C20H29N3O2.2ClH/c24-20(23-9-8-17-6-7-18(14-23)21-17)12-19-15-22(10-11-25-19)13-16-4-2-1-3-5-16;;/h1-5,17-19,21H,6-15H2;2*1H. The van der Waals surface area contributed by atoms with Gasteiger partial charge in [0.05, 0.1) is 19.1 Å². The second-order valence-electron chi connectivity index (χ2n) is 7.68. The zero-order valence-electron chi connectivity index (χ0n) is 15.7. The van der Waals surface area contributed by atoms with Crippen LogP contribution in [0.5, 0.6) is 0 Å². The topological polar surface area (TPSA) is 44.8 Å². The molecule has 152 valence electrons. The first-order valence-corrected chi connectivity index (χ1v) is 9.68. The molecule has 3 fully saturated rings. The van der Waals surface area contributed by atoms with Crippen molar-refractivity contribution >= 4 is 30.7 Å². The largest absolute Gasteiger partial charge is 0.375 e. The minimum Gasteiger partial charge on any atom is -0.375 e. The monoisotopic (exact) mass is 415 g/mol. The summed E-state index contributed by atoms with van der Waals surface area (Å²) in [6.07, 6.45) is 4.11. The highest BCUT2D eigenvalue weighted by atomic mass is 35.5. The van der Waals surface area contributed by atoms with Crippen molar-refractivity contribution in [2.45, 2.75) is 50.4 Å². The maximum atomic E-state index is 12.8. The molecule has 4 rings (SSSR count). The fourth-order valence-corrected chi connectivity index (χ4v) is 4.38. The number of amides is 1. The van der Waals surface area contributed by atoms with E-state index in [2.05, 4.69) is 39.4 Å². The van der Waals surface area contributed by atoms with Crippen molar-refractivity contribution in [3.63, 3.8) is 0 Å². The number of carbonyl (C=O) groups is 1. The second kappa shape index (κ2) is 10.6. The van der Waals surface area contributed by atoms with Crippen LogP contribution in [0.1, 0.15) is 31.2 Å². The molecular weight excluding hydrogens is 385 g/mol. The number of morpholine rings is 1. The lowest BCUT2D eigenvalue weighted by atomic mass is 10.1. The van der Waals surface area contributed by atoms with Crippen molar-refractivity contribution in [1.29, 1.82) is 0 Å². The van der Waals surface area contributed by atoms with Crippen LogP contribution in [0.25, 0.3) is 0 Å². The van der Waals surface area contributed by atoms with E-state index in [-0.39, 0.29) is 36.8 Å². The molecule has 3 unspecified atom stereocenters. The van der Waals surface area contributed by atoms with E-state index in [0.29, 0.717) is 18.5 Å². The second-order valence-corrected chi connectivity index (χ2v) is 7.68. The predicted molar refractivity (Wildman–Crippen MR) is 112 cm³/mol. The van der Waals surface area contributed by atoms with Crippen LogP contribution in [0.2, 0.25) is 0 Å². The van der Waals surface area contributed by atoms with E-state index in [1.165, 1.54) is 18.4 Å². The lowest BCUT2D eigenvalue weighted by Gasteiger charge is -2.34. The molecule has 0 spiro atoms. The molecule has 3 heterocycles. The van der Waals surface area contributed by atoms with Gasteiger partial charge in [0.1, 0.15) is 0 Å². The first-order chi connectivity index (χ1) is 12.3. The van der Waals surface area contributed by atoms with Gasteiger partial charge in [-0.05, 0) is 24.8 Å². The summed E-state index contributed by atoms with van der Waals surface area (Å²) in [5, 5.41) is 3.64. The third-order valence-corrected chi connectivity index (χ3v) is 5.75. The van der Waals surface area contributed by atoms with Gasteiger partial charge < -0.3 is 15.0 Å². The van der Waals surface area contributed by atoms with Crippen molar-refractivity contribution in [2.75, 3.05) is 32.8 Å². The summed E-state index contributed by atoms with van der Waals surface area (Å²) in [4.78, 5) is 17.2. The number of nitrogens with zero attached hydrogens (tertiary/aromatic N) is 2. The Balaban J connectivity index is 0.00000131. The highest BCUT2D eigenvalue weighted by molar-refractivity contribution is 5.85. The van der Waals surface area contributed by atoms with Crippen LogP contribution in [0.15, 0.2) is 30.3 Å². The first kappa shape index (κ1) is 22.4. The molecule has 3 aliphatic heterocycles. The van der Waals surface area contributed by atoms with Gasteiger partial charge in [0, 0.05) is 44.8 Å². The van der Waals surface area contributed by atoms with Gasteiger partial charge in [-0.15, -0.1) is 24.8 Å². The number of halogens is 2. The van der Waals surface area contributed by atoms with Crippen molar-refractivity contribution < 1.29 is 9.53 Å². The number of rotatable bonds is 4. The van der Waals surface area contributed by atoms with Crippen LogP contribution in [0.3, 0.4) is 0 Å². The van der Waals surface area contributed by atoms with Crippen LogP contribution in [-0.4, -0.2) is 66.7 Å². The molecule has 0 saturated carbocycles. The zero-order chi connectivity index (χ0) is 17.1. The molecule has 1 N–H and O–H groups in total. The normalized spacial score (nSPS) is 28.0. The zero-order valence-corrected chi connectivity index (χ0v) is 17.4. The van der Waals surface area contributed by atoms with Gasteiger partial charge in [-0.25, -0.2) is 0 Å². The van der Waals surface area contributed by atoms with Gasteiger partial charge in [-0.1, -0.05) is 30.3 Å². The molecule has 5 nitrogen and oxygen atoms in total. The average Bonchev–Trinajstić information content (AvgIpc) is 2.95. The quantitative estimate of drug-likeness (QED) is 0.819. The highest BCUT2D eigenvalue weighted by Gasteiger charge is 2.32. The molecule has 1 aromatic rings. The molecule has 27 heavy (non-hydrogen) atoms. The maximum Gasteiger partial charge on any atom is 0.225 e. The van der Waals surface area contributed by atoms with Gasteiger partial charge in [-0.3, -0.25) is 9.69 Å². The third-order valence-electron chi connectivity index (χ3n) is 5.75. The number of fused-ring (bicyclic) bond motifs is 2. The summed E-state index contributed by atoms with van der Waals surface area (Å²) in [7, 11) is 0. The Bertz CT molecular complexity index is 590. The number of likely N-dealkylation sites (tertiary alicyclic amines) is 1. The van der Waals surface area contributed by atoms with E-state index in [9.17, 15) is 4.79 Å².